The van der Waals surface area contributed by atoms with Gasteiger partial charge in [-0.05, 0) is 33.6 Å². The molecule has 2 fully saturated rings. The number of amides is 2. The van der Waals surface area contributed by atoms with Crippen molar-refractivity contribution < 1.29 is 19.1 Å². The van der Waals surface area contributed by atoms with Gasteiger partial charge in [-0.25, -0.2) is 0 Å². The van der Waals surface area contributed by atoms with Crippen LogP contribution in [0.4, 0.5) is 0 Å². The van der Waals surface area contributed by atoms with Crippen molar-refractivity contribution in [3.05, 3.63) is 0 Å². The molecular weight excluding hydrogens is 284 g/mol. The Morgan fingerprint density at radius 2 is 1.86 bits per heavy atom. The lowest BCUT2D eigenvalue weighted by molar-refractivity contribution is -0.151. The molecule has 0 aromatic rings. The van der Waals surface area contributed by atoms with Crippen LogP contribution < -0.4 is 0 Å². The van der Waals surface area contributed by atoms with Gasteiger partial charge in [0.15, 0.2) is 0 Å². The highest BCUT2D eigenvalue weighted by Crippen LogP contribution is 2.25. The van der Waals surface area contributed by atoms with E-state index in [9.17, 15) is 14.4 Å². The Morgan fingerprint density at radius 3 is 2.36 bits per heavy atom. The monoisotopic (exact) mass is 310 g/mol. The zero-order valence-electron chi connectivity index (χ0n) is 13.7. The predicted octanol–water partition coefficient (Wildman–Crippen LogP) is 1.04. The highest BCUT2D eigenvalue weighted by Gasteiger charge is 2.38. The van der Waals surface area contributed by atoms with E-state index in [4.69, 9.17) is 4.74 Å². The smallest absolute Gasteiger partial charge is 0.309 e. The fraction of sp³-hybridized carbons (Fsp3) is 0.812. The zero-order chi connectivity index (χ0) is 16.3. The van der Waals surface area contributed by atoms with Gasteiger partial charge in [0.1, 0.15) is 0 Å². The first-order valence-electron chi connectivity index (χ1n) is 8.18. The number of piperidine rings is 1. The van der Waals surface area contributed by atoms with Crippen molar-refractivity contribution in [3.63, 3.8) is 0 Å². The van der Waals surface area contributed by atoms with Crippen molar-refractivity contribution in [1.29, 1.82) is 0 Å². The summed E-state index contributed by atoms with van der Waals surface area (Å²) < 4.78 is 5.04. The van der Waals surface area contributed by atoms with Crippen molar-refractivity contribution in [2.75, 3.05) is 26.2 Å². The van der Waals surface area contributed by atoms with Crippen LogP contribution in [0.25, 0.3) is 0 Å². The van der Waals surface area contributed by atoms with E-state index in [2.05, 4.69) is 0 Å². The minimum Gasteiger partial charge on any atom is -0.466 e. The minimum atomic E-state index is -0.228. The number of carbonyl (C=O) groups is 3. The van der Waals surface area contributed by atoms with E-state index in [0.29, 0.717) is 45.5 Å². The molecule has 2 heterocycles. The summed E-state index contributed by atoms with van der Waals surface area (Å²) >= 11 is 0. The Kier molecular flexibility index (Phi) is 5.42. The second kappa shape index (κ2) is 7.11. The summed E-state index contributed by atoms with van der Waals surface area (Å²) in [5.41, 5.74) is 0. The first kappa shape index (κ1) is 16.8. The van der Waals surface area contributed by atoms with Crippen molar-refractivity contribution in [2.24, 2.45) is 11.8 Å². The highest BCUT2D eigenvalue weighted by atomic mass is 16.5. The number of likely N-dealkylation sites (tertiary alicyclic amines) is 2. The normalized spacial score (nSPS) is 23.3. The Morgan fingerprint density at radius 1 is 1.23 bits per heavy atom. The number of esters is 1. The van der Waals surface area contributed by atoms with Gasteiger partial charge in [0, 0.05) is 32.1 Å². The highest BCUT2D eigenvalue weighted by molar-refractivity contribution is 5.89. The summed E-state index contributed by atoms with van der Waals surface area (Å²) in [7, 11) is 0. The Balaban J connectivity index is 1.86. The van der Waals surface area contributed by atoms with Crippen LogP contribution >= 0.6 is 0 Å². The van der Waals surface area contributed by atoms with Crippen LogP contribution in [0.15, 0.2) is 0 Å². The molecule has 0 bridgehead atoms. The van der Waals surface area contributed by atoms with E-state index in [1.807, 2.05) is 13.8 Å². The molecule has 2 aliphatic heterocycles. The average molecular weight is 310 g/mol. The summed E-state index contributed by atoms with van der Waals surface area (Å²) in [6.45, 7) is 7.81. The fourth-order valence-corrected chi connectivity index (χ4v) is 3.25. The van der Waals surface area contributed by atoms with E-state index in [-0.39, 0.29) is 35.7 Å². The number of ether oxygens (including phenoxy) is 1. The molecule has 0 saturated carbocycles. The molecule has 6 heteroatoms. The van der Waals surface area contributed by atoms with E-state index in [1.165, 1.54) is 0 Å². The van der Waals surface area contributed by atoms with Crippen LogP contribution in [-0.2, 0) is 19.1 Å². The topological polar surface area (TPSA) is 66.9 Å². The summed E-state index contributed by atoms with van der Waals surface area (Å²) in [5, 5.41) is 0. The molecule has 0 aliphatic carbocycles. The van der Waals surface area contributed by atoms with Crippen LogP contribution in [0.5, 0.6) is 0 Å². The molecule has 2 aliphatic rings. The van der Waals surface area contributed by atoms with Crippen molar-refractivity contribution >= 4 is 17.8 Å². The van der Waals surface area contributed by atoms with E-state index >= 15 is 0 Å². The fourth-order valence-electron chi connectivity index (χ4n) is 3.25. The lowest BCUT2D eigenvalue weighted by atomic mass is 9.95. The van der Waals surface area contributed by atoms with Crippen LogP contribution in [-0.4, -0.2) is 59.9 Å². The molecular formula is C16H26N2O4. The summed E-state index contributed by atoms with van der Waals surface area (Å²) in [6.07, 6.45) is 1.62. The molecule has 2 amide bonds. The quantitative estimate of drug-likeness (QED) is 0.728. The van der Waals surface area contributed by atoms with Gasteiger partial charge in [-0.1, -0.05) is 0 Å². The molecule has 6 nitrogen and oxygen atoms in total. The van der Waals surface area contributed by atoms with E-state index < -0.39 is 0 Å². The average Bonchev–Trinajstić information content (AvgIpc) is 2.89. The van der Waals surface area contributed by atoms with Gasteiger partial charge in [-0.15, -0.1) is 0 Å². The summed E-state index contributed by atoms with van der Waals surface area (Å²) in [4.78, 5) is 39.8. The number of hydrogen-bond donors (Lipinski definition) is 0. The lowest BCUT2D eigenvalue weighted by Crippen LogP contribution is -2.44. The molecule has 0 unspecified atom stereocenters. The van der Waals surface area contributed by atoms with Gasteiger partial charge in [0.25, 0.3) is 0 Å². The van der Waals surface area contributed by atoms with Gasteiger partial charge in [0.05, 0.1) is 18.4 Å². The number of hydrogen-bond acceptors (Lipinski definition) is 4. The third-order valence-electron chi connectivity index (χ3n) is 4.56. The molecule has 0 radical (unpaired) electrons. The maximum atomic E-state index is 12.5. The predicted molar refractivity (Wildman–Crippen MR) is 80.9 cm³/mol. The molecule has 0 N–H and O–H groups in total. The van der Waals surface area contributed by atoms with Gasteiger partial charge >= 0.3 is 5.97 Å². The summed E-state index contributed by atoms with van der Waals surface area (Å²) in [6, 6.07) is 0.139. The lowest BCUT2D eigenvalue weighted by Gasteiger charge is -2.32. The van der Waals surface area contributed by atoms with Crippen LogP contribution in [0.1, 0.15) is 40.0 Å². The number of nitrogens with zero attached hydrogens (tertiary/aromatic N) is 2. The molecule has 0 aromatic carbocycles. The van der Waals surface area contributed by atoms with Gasteiger partial charge in [-0.2, -0.15) is 0 Å². The SMILES string of the molecule is CCOC(=O)C1CCN(C(=O)[C@@H]2CC(=O)N(C(C)C)C2)CC1. The molecule has 2 rings (SSSR count). The number of rotatable bonds is 4. The maximum absolute atomic E-state index is 12.5. The number of carbonyl (C=O) groups excluding carboxylic acids is 3. The molecule has 1 atom stereocenters. The third-order valence-corrected chi connectivity index (χ3v) is 4.56. The molecule has 0 aromatic heterocycles. The third kappa shape index (κ3) is 3.59. The first-order valence-corrected chi connectivity index (χ1v) is 8.18. The van der Waals surface area contributed by atoms with E-state index in [0.717, 1.165) is 0 Å². The largest absolute Gasteiger partial charge is 0.466 e. The second-order valence-electron chi connectivity index (χ2n) is 6.39. The molecule has 0 spiro atoms. The van der Waals surface area contributed by atoms with Gasteiger partial charge in [0.2, 0.25) is 11.8 Å². The first-order chi connectivity index (χ1) is 10.4. The standard InChI is InChI=1S/C16H26N2O4/c1-4-22-16(21)12-5-7-17(8-6-12)15(20)13-9-14(19)18(10-13)11(2)3/h11-13H,4-10H2,1-3H3/t13-/m1/s1. The van der Waals surface area contributed by atoms with Gasteiger partial charge in [-0.3, -0.25) is 14.4 Å². The van der Waals surface area contributed by atoms with E-state index in [1.54, 1.807) is 16.7 Å². The maximum Gasteiger partial charge on any atom is 0.309 e. The molecule has 22 heavy (non-hydrogen) atoms. The Bertz CT molecular complexity index is 441. The Labute approximate surface area is 131 Å². The van der Waals surface area contributed by atoms with Crippen molar-refractivity contribution in [1.82, 2.24) is 9.80 Å². The Hall–Kier alpha value is -1.59. The second-order valence-corrected chi connectivity index (χ2v) is 6.39. The van der Waals surface area contributed by atoms with Crippen LogP contribution in [0, 0.1) is 11.8 Å². The van der Waals surface area contributed by atoms with Crippen molar-refractivity contribution in [3.8, 4) is 0 Å². The van der Waals surface area contributed by atoms with Gasteiger partial charge < -0.3 is 14.5 Å². The molecule has 2 saturated heterocycles. The van der Waals surface area contributed by atoms with Crippen LogP contribution in [0.3, 0.4) is 0 Å². The zero-order valence-corrected chi connectivity index (χ0v) is 13.7. The van der Waals surface area contributed by atoms with Crippen molar-refractivity contribution in [2.45, 2.75) is 46.1 Å². The van der Waals surface area contributed by atoms with Crippen LogP contribution in [0.2, 0.25) is 0 Å². The molecule has 124 valence electrons. The minimum absolute atomic E-state index is 0.0545. The summed E-state index contributed by atoms with van der Waals surface area (Å²) in [5.74, 6) is -0.361.